The molecular weight excluding hydrogens is 222 g/mol. The van der Waals surface area contributed by atoms with Gasteiger partial charge in [-0.1, -0.05) is 0 Å². The van der Waals surface area contributed by atoms with Crippen molar-refractivity contribution in [1.82, 2.24) is 15.2 Å². The van der Waals surface area contributed by atoms with Crippen molar-refractivity contribution in [3.05, 3.63) is 16.1 Å². The van der Waals surface area contributed by atoms with E-state index in [1.165, 1.54) is 0 Å². The third kappa shape index (κ3) is 4.28. The van der Waals surface area contributed by atoms with Crippen LogP contribution in [-0.4, -0.2) is 36.4 Å². The van der Waals surface area contributed by atoms with Crippen LogP contribution in [0.5, 0.6) is 0 Å². The Morgan fingerprint density at radius 1 is 1.62 bits per heavy atom. The Balaban J connectivity index is 2.34. The smallest absolute Gasteiger partial charge is 0.222 e. The molecule has 0 spiro atoms. The van der Waals surface area contributed by atoms with Crippen molar-refractivity contribution in [2.24, 2.45) is 0 Å². The lowest BCUT2D eigenvalue weighted by molar-refractivity contribution is -0.130. The SMILES string of the molecule is CNCCCC(=O)N(C)Cc1cnc(C)s1. The van der Waals surface area contributed by atoms with Gasteiger partial charge in [-0.05, 0) is 26.9 Å². The highest BCUT2D eigenvalue weighted by Crippen LogP contribution is 2.13. The first kappa shape index (κ1) is 13.1. The molecule has 0 aliphatic rings. The molecule has 0 atom stereocenters. The van der Waals surface area contributed by atoms with E-state index in [0.29, 0.717) is 13.0 Å². The fraction of sp³-hybridized carbons (Fsp3) is 0.636. The molecule has 1 aromatic heterocycles. The van der Waals surface area contributed by atoms with E-state index in [1.807, 2.05) is 27.2 Å². The zero-order valence-electron chi connectivity index (χ0n) is 10.1. The summed E-state index contributed by atoms with van der Waals surface area (Å²) in [6.45, 7) is 3.53. The van der Waals surface area contributed by atoms with Crippen LogP contribution in [0.4, 0.5) is 0 Å². The Hall–Kier alpha value is -0.940. The predicted molar refractivity (Wildman–Crippen MR) is 66.5 cm³/mol. The van der Waals surface area contributed by atoms with E-state index in [0.717, 1.165) is 22.9 Å². The molecule has 0 aliphatic carbocycles. The molecule has 1 rings (SSSR count). The molecule has 90 valence electrons. The maximum Gasteiger partial charge on any atom is 0.222 e. The van der Waals surface area contributed by atoms with E-state index in [-0.39, 0.29) is 5.91 Å². The van der Waals surface area contributed by atoms with Crippen LogP contribution in [0.2, 0.25) is 0 Å². The molecule has 0 saturated carbocycles. The van der Waals surface area contributed by atoms with Gasteiger partial charge in [0, 0.05) is 24.5 Å². The molecule has 0 fully saturated rings. The number of carbonyl (C=O) groups excluding carboxylic acids is 1. The molecule has 1 heterocycles. The van der Waals surface area contributed by atoms with Crippen molar-refractivity contribution in [3.63, 3.8) is 0 Å². The monoisotopic (exact) mass is 241 g/mol. The lowest BCUT2D eigenvalue weighted by Gasteiger charge is -2.15. The molecule has 1 aromatic rings. The number of hydrogen-bond acceptors (Lipinski definition) is 4. The van der Waals surface area contributed by atoms with Crippen molar-refractivity contribution in [2.75, 3.05) is 20.6 Å². The number of rotatable bonds is 6. The van der Waals surface area contributed by atoms with Gasteiger partial charge in [-0.15, -0.1) is 11.3 Å². The number of carbonyl (C=O) groups is 1. The summed E-state index contributed by atoms with van der Waals surface area (Å²) in [4.78, 5) is 18.8. The van der Waals surface area contributed by atoms with Gasteiger partial charge in [-0.2, -0.15) is 0 Å². The minimum Gasteiger partial charge on any atom is -0.341 e. The molecule has 0 radical (unpaired) electrons. The number of aryl methyl sites for hydroxylation is 1. The molecule has 0 aromatic carbocycles. The highest BCUT2D eigenvalue weighted by atomic mass is 32.1. The molecule has 0 bridgehead atoms. The van der Waals surface area contributed by atoms with Crippen LogP contribution < -0.4 is 5.32 Å². The first-order valence-corrected chi connectivity index (χ1v) is 6.25. The van der Waals surface area contributed by atoms with Gasteiger partial charge < -0.3 is 10.2 Å². The summed E-state index contributed by atoms with van der Waals surface area (Å²) in [6, 6.07) is 0. The molecule has 5 heteroatoms. The van der Waals surface area contributed by atoms with E-state index in [9.17, 15) is 4.79 Å². The van der Waals surface area contributed by atoms with Gasteiger partial charge in [-0.25, -0.2) is 4.98 Å². The highest BCUT2D eigenvalue weighted by molar-refractivity contribution is 7.11. The topological polar surface area (TPSA) is 45.2 Å². The van der Waals surface area contributed by atoms with Gasteiger partial charge in [0.25, 0.3) is 0 Å². The molecule has 0 unspecified atom stereocenters. The number of amides is 1. The average molecular weight is 241 g/mol. The third-order valence-corrected chi connectivity index (χ3v) is 3.20. The quantitative estimate of drug-likeness (QED) is 0.766. The second kappa shape index (κ2) is 6.60. The van der Waals surface area contributed by atoms with Gasteiger partial charge in [0.05, 0.1) is 11.6 Å². The van der Waals surface area contributed by atoms with Gasteiger partial charge in [0.1, 0.15) is 0 Å². The normalized spacial score (nSPS) is 10.4. The molecule has 16 heavy (non-hydrogen) atoms. The summed E-state index contributed by atoms with van der Waals surface area (Å²) in [6.07, 6.45) is 3.34. The number of nitrogens with zero attached hydrogens (tertiary/aromatic N) is 2. The van der Waals surface area contributed by atoms with E-state index >= 15 is 0 Å². The van der Waals surface area contributed by atoms with Crippen LogP contribution in [0, 0.1) is 6.92 Å². The van der Waals surface area contributed by atoms with E-state index < -0.39 is 0 Å². The van der Waals surface area contributed by atoms with Crippen LogP contribution in [-0.2, 0) is 11.3 Å². The highest BCUT2D eigenvalue weighted by Gasteiger charge is 2.09. The van der Waals surface area contributed by atoms with E-state index in [2.05, 4.69) is 10.3 Å². The minimum atomic E-state index is 0.196. The fourth-order valence-corrected chi connectivity index (χ4v) is 2.26. The van der Waals surface area contributed by atoms with E-state index in [4.69, 9.17) is 0 Å². The number of hydrogen-bond donors (Lipinski definition) is 1. The molecule has 4 nitrogen and oxygen atoms in total. The Labute approximate surface area is 101 Å². The van der Waals surface area contributed by atoms with E-state index in [1.54, 1.807) is 16.2 Å². The molecular formula is C11H19N3OS. The molecule has 0 aliphatic heterocycles. The maximum absolute atomic E-state index is 11.7. The summed E-state index contributed by atoms with van der Waals surface area (Å²) >= 11 is 1.64. The van der Waals surface area contributed by atoms with Crippen LogP contribution in [0.1, 0.15) is 22.7 Å². The van der Waals surface area contributed by atoms with Crippen molar-refractivity contribution in [3.8, 4) is 0 Å². The minimum absolute atomic E-state index is 0.196. The van der Waals surface area contributed by atoms with Crippen LogP contribution in [0.15, 0.2) is 6.20 Å². The zero-order valence-corrected chi connectivity index (χ0v) is 10.9. The number of nitrogens with one attached hydrogen (secondary N) is 1. The van der Waals surface area contributed by atoms with Gasteiger partial charge in [0.15, 0.2) is 0 Å². The lowest BCUT2D eigenvalue weighted by Crippen LogP contribution is -2.26. The first-order valence-electron chi connectivity index (χ1n) is 5.43. The van der Waals surface area contributed by atoms with Crippen molar-refractivity contribution in [2.45, 2.75) is 26.3 Å². The second-order valence-corrected chi connectivity index (χ2v) is 5.12. The third-order valence-electron chi connectivity index (χ3n) is 2.31. The van der Waals surface area contributed by atoms with Crippen LogP contribution >= 0.6 is 11.3 Å². The van der Waals surface area contributed by atoms with Crippen molar-refractivity contribution >= 4 is 17.2 Å². The maximum atomic E-state index is 11.7. The standard InChI is InChI=1S/C11H19N3OS/c1-9-13-7-10(16-9)8-14(3)11(15)5-4-6-12-2/h7,12H,4-6,8H2,1-3H3. The summed E-state index contributed by atoms with van der Waals surface area (Å²) in [5.74, 6) is 0.196. The largest absolute Gasteiger partial charge is 0.341 e. The van der Waals surface area contributed by atoms with Crippen LogP contribution in [0.25, 0.3) is 0 Å². The Bertz CT molecular complexity index is 338. The molecule has 0 saturated heterocycles. The second-order valence-electron chi connectivity index (χ2n) is 3.80. The Morgan fingerprint density at radius 2 is 2.38 bits per heavy atom. The Kier molecular flexibility index (Phi) is 5.42. The number of aromatic nitrogens is 1. The summed E-state index contributed by atoms with van der Waals surface area (Å²) in [5, 5.41) is 4.08. The van der Waals surface area contributed by atoms with Gasteiger partial charge in [-0.3, -0.25) is 4.79 Å². The fourth-order valence-electron chi connectivity index (χ4n) is 1.41. The summed E-state index contributed by atoms with van der Waals surface area (Å²) in [7, 11) is 3.74. The van der Waals surface area contributed by atoms with Crippen LogP contribution in [0.3, 0.4) is 0 Å². The Morgan fingerprint density at radius 3 is 2.94 bits per heavy atom. The zero-order chi connectivity index (χ0) is 12.0. The van der Waals surface area contributed by atoms with Crippen molar-refractivity contribution in [1.29, 1.82) is 0 Å². The lowest BCUT2D eigenvalue weighted by atomic mass is 10.3. The molecule has 1 amide bonds. The predicted octanol–water partition coefficient (Wildman–Crippen LogP) is 1.41. The average Bonchev–Trinajstić information content (AvgIpc) is 2.64. The summed E-state index contributed by atoms with van der Waals surface area (Å²) < 4.78 is 0. The van der Waals surface area contributed by atoms with Gasteiger partial charge >= 0.3 is 0 Å². The number of thiazole rings is 1. The summed E-state index contributed by atoms with van der Waals surface area (Å²) in [5.41, 5.74) is 0. The first-order chi connectivity index (χ1) is 7.63. The van der Waals surface area contributed by atoms with Gasteiger partial charge in [0.2, 0.25) is 5.91 Å². The molecule has 1 N–H and O–H groups in total. The van der Waals surface area contributed by atoms with Crippen molar-refractivity contribution < 1.29 is 4.79 Å².